The molecule has 4 nitrogen and oxygen atoms in total. The molecule has 0 saturated carbocycles. The van der Waals surface area contributed by atoms with Crippen LogP contribution in [0.15, 0.2) is 24.4 Å². The Hall–Kier alpha value is -2.10. The molecular weight excluding hydrogens is 240 g/mol. The SMILES string of the molecule is Cc1ccc(-c2cn(CCC(=O)O)c(C)n2)c(C)c1. The molecular formula is C15H18N2O2. The van der Waals surface area contributed by atoms with Gasteiger partial charge in [-0.15, -0.1) is 0 Å². The maximum atomic E-state index is 10.6. The van der Waals surface area contributed by atoms with Gasteiger partial charge in [-0.3, -0.25) is 4.79 Å². The summed E-state index contributed by atoms with van der Waals surface area (Å²) in [4.78, 5) is 15.1. The van der Waals surface area contributed by atoms with Crippen molar-refractivity contribution >= 4 is 5.97 Å². The number of rotatable bonds is 4. The molecule has 1 N–H and O–H groups in total. The Bertz CT molecular complexity index is 615. The van der Waals surface area contributed by atoms with E-state index in [4.69, 9.17) is 5.11 Å². The van der Waals surface area contributed by atoms with Crippen LogP contribution in [0.1, 0.15) is 23.4 Å². The largest absolute Gasteiger partial charge is 0.481 e. The van der Waals surface area contributed by atoms with E-state index in [1.807, 2.05) is 17.7 Å². The maximum absolute atomic E-state index is 10.6. The summed E-state index contributed by atoms with van der Waals surface area (Å²) in [6.45, 7) is 6.48. The number of aliphatic carboxylic acids is 1. The summed E-state index contributed by atoms with van der Waals surface area (Å²) in [6.07, 6.45) is 2.04. The molecule has 0 aliphatic rings. The van der Waals surface area contributed by atoms with E-state index in [1.165, 1.54) is 11.1 Å². The predicted molar refractivity (Wildman–Crippen MR) is 74.1 cm³/mol. The Morgan fingerprint density at radius 2 is 2.05 bits per heavy atom. The van der Waals surface area contributed by atoms with Gasteiger partial charge in [0, 0.05) is 18.3 Å². The van der Waals surface area contributed by atoms with Crippen LogP contribution in [0, 0.1) is 20.8 Å². The molecule has 0 saturated heterocycles. The first-order chi connectivity index (χ1) is 8.97. The second-order valence-electron chi connectivity index (χ2n) is 4.83. The van der Waals surface area contributed by atoms with E-state index in [2.05, 4.69) is 37.0 Å². The summed E-state index contributed by atoms with van der Waals surface area (Å²) in [7, 11) is 0. The first-order valence-electron chi connectivity index (χ1n) is 6.30. The lowest BCUT2D eigenvalue weighted by Crippen LogP contribution is -2.04. The van der Waals surface area contributed by atoms with Crippen LogP contribution in [0.5, 0.6) is 0 Å². The number of carbonyl (C=O) groups is 1. The maximum Gasteiger partial charge on any atom is 0.305 e. The van der Waals surface area contributed by atoms with Gasteiger partial charge in [0.25, 0.3) is 0 Å². The summed E-state index contributed by atoms with van der Waals surface area (Å²) < 4.78 is 1.89. The van der Waals surface area contributed by atoms with Crippen molar-refractivity contribution in [1.29, 1.82) is 0 Å². The molecule has 1 aromatic heterocycles. The van der Waals surface area contributed by atoms with Gasteiger partial charge in [-0.25, -0.2) is 4.98 Å². The summed E-state index contributed by atoms with van der Waals surface area (Å²) in [5, 5.41) is 8.73. The molecule has 1 heterocycles. The van der Waals surface area contributed by atoms with E-state index in [-0.39, 0.29) is 6.42 Å². The first-order valence-corrected chi connectivity index (χ1v) is 6.30. The predicted octanol–water partition coefficient (Wildman–Crippen LogP) is 2.95. The van der Waals surface area contributed by atoms with Gasteiger partial charge in [0.15, 0.2) is 0 Å². The van der Waals surface area contributed by atoms with Gasteiger partial charge >= 0.3 is 5.97 Å². The second kappa shape index (κ2) is 5.26. The Labute approximate surface area is 112 Å². The zero-order chi connectivity index (χ0) is 14.0. The van der Waals surface area contributed by atoms with Gasteiger partial charge in [-0.05, 0) is 26.3 Å². The fourth-order valence-electron chi connectivity index (χ4n) is 2.18. The number of imidazole rings is 1. The Kier molecular flexibility index (Phi) is 3.69. The van der Waals surface area contributed by atoms with E-state index in [9.17, 15) is 4.79 Å². The number of aryl methyl sites for hydroxylation is 4. The molecule has 0 unspecified atom stereocenters. The number of benzene rings is 1. The van der Waals surface area contributed by atoms with Crippen LogP contribution in [0.4, 0.5) is 0 Å². The molecule has 2 aromatic rings. The summed E-state index contributed by atoms with van der Waals surface area (Å²) in [5.74, 6) is 0.0531. The third-order valence-electron chi connectivity index (χ3n) is 3.20. The van der Waals surface area contributed by atoms with E-state index in [0.29, 0.717) is 6.54 Å². The first kappa shape index (κ1) is 13.3. The number of nitrogens with zero attached hydrogens (tertiary/aromatic N) is 2. The molecule has 0 bridgehead atoms. The quantitative estimate of drug-likeness (QED) is 0.917. The van der Waals surface area contributed by atoms with Crippen molar-refractivity contribution in [3.05, 3.63) is 41.3 Å². The fraction of sp³-hybridized carbons (Fsp3) is 0.333. The van der Waals surface area contributed by atoms with Gasteiger partial charge in [0.2, 0.25) is 0 Å². The normalized spacial score (nSPS) is 10.7. The molecule has 19 heavy (non-hydrogen) atoms. The molecule has 2 rings (SSSR count). The molecule has 4 heteroatoms. The van der Waals surface area contributed by atoms with Gasteiger partial charge in [-0.2, -0.15) is 0 Å². The highest BCUT2D eigenvalue weighted by Crippen LogP contribution is 2.23. The van der Waals surface area contributed by atoms with Crippen molar-refractivity contribution in [3.8, 4) is 11.3 Å². The minimum absolute atomic E-state index is 0.115. The van der Waals surface area contributed by atoms with E-state index in [0.717, 1.165) is 17.1 Å². The summed E-state index contributed by atoms with van der Waals surface area (Å²) >= 11 is 0. The van der Waals surface area contributed by atoms with Crippen LogP contribution >= 0.6 is 0 Å². The fourth-order valence-corrected chi connectivity index (χ4v) is 2.18. The lowest BCUT2D eigenvalue weighted by molar-refractivity contribution is -0.137. The molecule has 0 radical (unpaired) electrons. The summed E-state index contributed by atoms with van der Waals surface area (Å²) in [5.41, 5.74) is 4.41. The molecule has 0 fully saturated rings. The topological polar surface area (TPSA) is 55.1 Å². The standard InChI is InChI=1S/C15H18N2O2/c1-10-4-5-13(11(2)8-10)14-9-17(12(3)16-14)7-6-15(18)19/h4-5,8-9H,6-7H2,1-3H3,(H,18,19). The number of carboxylic acids is 1. The zero-order valence-corrected chi connectivity index (χ0v) is 11.5. The van der Waals surface area contributed by atoms with Crippen molar-refractivity contribution in [3.63, 3.8) is 0 Å². The lowest BCUT2D eigenvalue weighted by atomic mass is 10.0. The zero-order valence-electron chi connectivity index (χ0n) is 11.5. The van der Waals surface area contributed by atoms with E-state index in [1.54, 1.807) is 0 Å². The lowest BCUT2D eigenvalue weighted by Gasteiger charge is -2.03. The minimum atomic E-state index is -0.791. The van der Waals surface area contributed by atoms with Gasteiger partial charge in [-0.1, -0.05) is 23.8 Å². The van der Waals surface area contributed by atoms with Gasteiger partial charge in [0.1, 0.15) is 5.82 Å². The van der Waals surface area contributed by atoms with Crippen molar-refractivity contribution in [2.24, 2.45) is 0 Å². The van der Waals surface area contributed by atoms with Crippen LogP contribution < -0.4 is 0 Å². The average Bonchev–Trinajstić information content (AvgIpc) is 2.67. The molecule has 0 aliphatic carbocycles. The minimum Gasteiger partial charge on any atom is -0.481 e. The van der Waals surface area contributed by atoms with Crippen LogP contribution in [0.3, 0.4) is 0 Å². The van der Waals surface area contributed by atoms with Crippen LogP contribution in [0.2, 0.25) is 0 Å². The molecule has 100 valence electrons. The van der Waals surface area contributed by atoms with E-state index >= 15 is 0 Å². The van der Waals surface area contributed by atoms with Gasteiger partial charge < -0.3 is 9.67 Å². The number of hydrogen-bond acceptors (Lipinski definition) is 2. The van der Waals surface area contributed by atoms with Crippen LogP contribution in [-0.4, -0.2) is 20.6 Å². The van der Waals surface area contributed by atoms with Gasteiger partial charge in [0.05, 0.1) is 12.1 Å². The van der Waals surface area contributed by atoms with Crippen LogP contribution in [-0.2, 0) is 11.3 Å². The molecule has 1 aromatic carbocycles. The Morgan fingerprint density at radius 1 is 1.32 bits per heavy atom. The highest BCUT2D eigenvalue weighted by atomic mass is 16.4. The Balaban J connectivity index is 2.31. The average molecular weight is 258 g/mol. The highest BCUT2D eigenvalue weighted by Gasteiger charge is 2.09. The number of hydrogen-bond donors (Lipinski definition) is 1. The van der Waals surface area contributed by atoms with E-state index < -0.39 is 5.97 Å². The molecule has 0 atom stereocenters. The highest BCUT2D eigenvalue weighted by molar-refractivity contribution is 5.67. The molecule has 0 spiro atoms. The Morgan fingerprint density at radius 3 is 2.68 bits per heavy atom. The third-order valence-corrected chi connectivity index (χ3v) is 3.20. The molecule has 0 amide bonds. The van der Waals surface area contributed by atoms with Crippen molar-refractivity contribution in [1.82, 2.24) is 9.55 Å². The second-order valence-corrected chi connectivity index (χ2v) is 4.83. The van der Waals surface area contributed by atoms with Crippen molar-refractivity contribution < 1.29 is 9.90 Å². The van der Waals surface area contributed by atoms with Crippen molar-refractivity contribution in [2.75, 3.05) is 0 Å². The van der Waals surface area contributed by atoms with Crippen molar-refractivity contribution in [2.45, 2.75) is 33.7 Å². The third kappa shape index (κ3) is 3.02. The summed E-state index contributed by atoms with van der Waals surface area (Å²) in [6, 6.07) is 6.25. The number of aromatic nitrogens is 2. The number of carboxylic acid groups (broad SMARTS) is 1. The van der Waals surface area contributed by atoms with Crippen LogP contribution in [0.25, 0.3) is 11.3 Å². The molecule has 0 aliphatic heterocycles. The monoisotopic (exact) mass is 258 g/mol. The smallest absolute Gasteiger partial charge is 0.305 e.